The molecular weight excluding hydrogens is 345 g/mol. The molecule has 1 unspecified atom stereocenters. The van der Waals surface area contributed by atoms with Gasteiger partial charge in [0.05, 0.1) is 31.5 Å². The monoisotopic (exact) mass is 367 g/mol. The van der Waals surface area contributed by atoms with Crippen molar-refractivity contribution in [2.75, 3.05) is 13.2 Å². The van der Waals surface area contributed by atoms with Crippen molar-refractivity contribution in [3.63, 3.8) is 0 Å². The highest BCUT2D eigenvalue weighted by Gasteiger charge is 2.42. The predicted molar refractivity (Wildman–Crippen MR) is 99.3 cm³/mol. The van der Waals surface area contributed by atoms with Crippen molar-refractivity contribution in [3.05, 3.63) is 83.7 Å². The van der Waals surface area contributed by atoms with E-state index >= 15 is 0 Å². The largest absolute Gasteiger partial charge is 0.361 e. The number of nitriles is 1. The zero-order valence-corrected chi connectivity index (χ0v) is 15.1. The van der Waals surface area contributed by atoms with Gasteiger partial charge in [-0.05, 0) is 47.4 Å². The minimum absolute atomic E-state index is 0.233. The molecular formula is C22H22FNO3. The van der Waals surface area contributed by atoms with E-state index < -0.39 is 5.60 Å². The van der Waals surface area contributed by atoms with Crippen LogP contribution < -0.4 is 0 Å². The molecule has 2 aliphatic rings. The standard InChI is InChI=1S/C20H18FNO3.C2H4/c21-17-4-2-16(3-5-17)20(8-7-19-23-9-10-24-19)18-6-1-14(12-22)11-15(18)13-25-20;1-2/h1-6,11,19H,7-10,13H2;1-2H2. The van der Waals surface area contributed by atoms with Crippen LogP contribution >= 0.6 is 0 Å². The molecule has 1 saturated heterocycles. The third kappa shape index (κ3) is 3.79. The number of fused-ring (bicyclic) bond motifs is 1. The quantitative estimate of drug-likeness (QED) is 0.751. The molecule has 4 rings (SSSR count). The molecule has 0 spiro atoms. The Balaban J connectivity index is 0.00000102. The molecule has 0 saturated carbocycles. The Morgan fingerprint density at radius 2 is 1.81 bits per heavy atom. The average molecular weight is 367 g/mol. The summed E-state index contributed by atoms with van der Waals surface area (Å²) in [5.41, 5.74) is 2.86. The molecule has 0 aliphatic carbocycles. The number of rotatable bonds is 4. The molecule has 140 valence electrons. The highest BCUT2D eigenvalue weighted by atomic mass is 19.1. The first kappa shape index (κ1) is 19.2. The van der Waals surface area contributed by atoms with Crippen LogP contribution in [0.2, 0.25) is 0 Å². The van der Waals surface area contributed by atoms with Crippen LogP contribution in [0.3, 0.4) is 0 Å². The Morgan fingerprint density at radius 1 is 1.11 bits per heavy atom. The van der Waals surface area contributed by atoms with Gasteiger partial charge in [0.1, 0.15) is 11.4 Å². The van der Waals surface area contributed by atoms with E-state index in [-0.39, 0.29) is 12.1 Å². The van der Waals surface area contributed by atoms with Gasteiger partial charge in [-0.3, -0.25) is 0 Å². The normalized spacial score (nSPS) is 21.2. The maximum absolute atomic E-state index is 13.4. The summed E-state index contributed by atoms with van der Waals surface area (Å²) in [5, 5.41) is 9.13. The van der Waals surface area contributed by atoms with E-state index in [0.717, 1.165) is 16.7 Å². The number of halogens is 1. The molecule has 5 heteroatoms. The minimum Gasteiger partial charge on any atom is -0.361 e. The zero-order valence-electron chi connectivity index (χ0n) is 15.1. The first-order valence-corrected chi connectivity index (χ1v) is 8.88. The molecule has 1 atom stereocenters. The van der Waals surface area contributed by atoms with Crippen LogP contribution in [0.25, 0.3) is 0 Å². The fourth-order valence-electron chi connectivity index (χ4n) is 3.66. The SMILES string of the molecule is C=C.N#Cc1ccc2c(c1)COC2(CCC1OCCO1)c1ccc(F)cc1. The first-order chi connectivity index (χ1) is 13.2. The Hall–Kier alpha value is -2.52. The van der Waals surface area contributed by atoms with Crippen LogP contribution in [0, 0.1) is 17.1 Å². The maximum Gasteiger partial charge on any atom is 0.157 e. The molecule has 2 heterocycles. The lowest BCUT2D eigenvalue weighted by Crippen LogP contribution is -2.29. The first-order valence-electron chi connectivity index (χ1n) is 8.88. The van der Waals surface area contributed by atoms with Gasteiger partial charge < -0.3 is 14.2 Å². The smallest absolute Gasteiger partial charge is 0.157 e. The van der Waals surface area contributed by atoms with Gasteiger partial charge in [0.15, 0.2) is 6.29 Å². The zero-order chi connectivity index (χ0) is 19.3. The highest BCUT2D eigenvalue weighted by Crippen LogP contribution is 2.46. The number of nitrogens with zero attached hydrogens (tertiary/aromatic N) is 1. The van der Waals surface area contributed by atoms with Crippen molar-refractivity contribution in [3.8, 4) is 6.07 Å². The maximum atomic E-state index is 13.4. The molecule has 1 fully saturated rings. The predicted octanol–water partition coefficient (Wildman–Crippen LogP) is 4.43. The van der Waals surface area contributed by atoms with E-state index in [9.17, 15) is 4.39 Å². The van der Waals surface area contributed by atoms with Gasteiger partial charge in [-0.15, -0.1) is 13.2 Å². The third-order valence-electron chi connectivity index (χ3n) is 4.88. The summed E-state index contributed by atoms with van der Waals surface area (Å²) in [6.45, 7) is 7.64. The van der Waals surface area contributed by atoms with Crippen molar-refractivity contribution < 1.29 is 18.6 Å². The van der Waals surface area contributed by atoms with Crippen LogP contribution in [-0.4, -0.2) is 19.5 Å². The molecule has 2 aromatic rings. The topological polar surface area (TPSA) is 51.5 Å². The summed E-state index contributed by atoms with van der Waals surface area (Å²) < 4.78 is 30.8. The van der Waals surface area contributed by atoms with Crippen molar-refractivity contribution >= 4 is 0 Å². The number of hydrogen-bond donors (Lipinski definition) is 0. The summed E-state index contributed by atoms with van der Waals surface area (Å²) in [7, 11) is 0. The lowest BCUT2D eigenvalue weighted by Gasteiger charge is -2.31. The second kappa shape index (κ2) is 8.45. The average Bonchev–Trinajstić information content (AvgIpc) is 3.36. The fraction of sp³-hybridized carbons (Fsp3) is 0.318. The molecule has 0 bridgehead atoms. The van der Waals surface area contributed by atoms with Crippen molar-refractivity contribution in [2.24, 2.45) is 0 Å². The summed E-state index contributed by atoms with van der Waals surface area (Å²) in [5.74, 6) is -0.278. The van der Waals surface area contributed by atoms with Gasteiger partial charge in [-0.25, -0.2) is 4.39 Å². The Morgan fingerprint density at radius 3 is 2.48 bits per heavy atom. The van der Waals surface area contributed by atoms with Crippen LogP contribution in [0.1, 0.15) is 35.1 Å². The van der Waals surface area contributed by atoms with Crippen molar-refractivity contribution in [1.29, 1.82) is 5.26 Å². The summed E-state index contributed by atoms with van der Waals surface area (Å²) in [6, 6.07) is 14.2. The van der Waals surface area contributed by atoms with E-state index in [0.29, 0.717) is 38.2 Å². The molecule has 4 nitrogen and oxygen atoms in total. The third-order valence-corrected chi connectivity index (χ3v) is 4.88. The van der Waals surface area contributed by atoms with Gasteiger partial charge in [0, 0.05) is 6.42 Å². The molecule has 0 aromatic heterocycles. The van der Waals surface area contributed by atoms with E-state index in [1.807, 2.05) is 12.1 Å². The minimum atomic E-state index is -0.674. The molecule has 27 heavy (non-hydrogen) atoms. The second-order valence-corrected chi connectivity index (χ2v) is 6.32. The second-order valence-electron chi connectivity index (χ2n) is 6.32. The summed E-state index contributed by atoms with van der Waals surface area (Å²) >= 11 is 0. The fourth-order valence-corrected chi connectivity index (χ4v) is 3.66. The van der Waals surface area contributed by atoms with Crippen LogP contribution in [0.4, 0.5) is 4.39 Å². The number of benzene rings is 2. The van der Waals surface area contributed by atoms with Gasteiger partial charge in [-0.2, -0.15) is 5.26 Å². The lowest BCUT2D eigenvalue weighted by atomic mass is 9.81. The van der Waals surface area contributed by atoms with Gasteiger partial charge in [0.2, 0.25) is 0 Å². The number of hydrogen-bond acceptors (Lipinski definition) is 4. The Bertz CT molecular complexity index is 824. The number of ether oxygens (including phenoxy) is 3. The lowest BCUT2D eigenvalue weighted by molar-refractivity contribution is -0.0738. The van der Waals surface area contributed by atoms with Crippen LogP contribution in [0.15, 0.2) is 55.6 Å². The van der Waals surface area contributed by atoms with Crippen LogP contribution in [0.5, 0.6) is 0 Å². The van der Waals surface area contributed by atoms with Crippen molar-refractivity contribution in [1.82, 2.24) is 0 Å². The summed E-state index contributed by atoms with van der Waals surface area (Å²) in [6.07, 6.45) is 1.10. The molecule has 0 amide bonds. The van der Waals surface area contributed by atoms with Gasteiger partial charge in [0.25, 0.3) is 0 Å². The van der Waals surface area contributed by atoms with Gasteiger partial charge >= 0.3 is 0 Å². The van der Waals surface area contributed by atoms with E-state index in [4.69, 9.17) is 19.5 Å². The Kier molecular flexibility index (Phi) is 6.02. The van der Waals surface area contributed by atoms with Crippen molar-refractivity contribution in [2.45, 2.75) is 31.3 Å². The van der Waals surface area contributed by atoms with E-state index in [1.54, 1.807) is 18.2 Å². The highest BCUT2D eigenvalue weighted by molar-refractivity contribution is 5.47. The molecule has 0 N–H and O–H groups in total. The Labute approximate surface area is 158 Å². The molecule has 0 radical (unpaired) electrons. The van der Waals surface area contributed by atoms with Crippen LogP contribution in [-0.2, 0) is 26.4 Å². The molecule has 2 aliphatic heterocycles. The van der Waals surface area contributed by atoms with Gasteiger partial charge in [-0.1, -0.05) is 18.2 Å². The van der Waals surface area contributed by atoms with E-state index in [1.165, 1.54) is 12.1 Å². The molecule has 2 aromatic carbocycles. The summed E-state index contributed by atoms with van der Waals surface area (Å²) in [4.78, 5) is 0. The van der Waals surface area contributed by atoms with E-state index in [2.05, 4.69) is 19.2 Å².